The van der Waals surface area contributed by atoms with Gasteiger partial charge in [0, 0.05) is 6.42 Å². The molecule has 1 aromatic rings. The molecule has 3 unspecified atom stereocenters. The largest absolute Gasteiger partial charge is 0.389 e. The predicted octanol–water partition coefficient (Wildman–Crippen LogP) is 4.72. The van der Waals surface area contributed by atoms with Gasteiger partial charge in [0.2, 0.25) is 0 Å². The van der Waals surface area contributed by atoms with Gasteiger partial charge in [-0.3, -0.25) is 0 Å². The van der Waals surface area contributed by atoms with E-state index in [1.165, 1.54) is 6.42 Å². The van der Waals surface area contributed by atoms with Crippen LogP contribution in [-0.2, 0) is 6.42 Å². The first-order chi connectivity index (χ1) is 8.44. The molecule has 0 amide bonds. The zero-order valence-corrected chi connectivity index (χ0v) is 12.4. The summed E-state index contributed by atoms with van der Waals surface area (Å²) < 4.78 is 0. The van der Waals surface area contributed by atoms with Crippen LogP contribution in [-0.4, -0.2) is 10.7 Å². The molecule has 0 heterocycles. The zero-order valence-electron chi connectivity index (χ0n) is 10.9. The first-order valence-electron chi connectivity index (χ1n) is 6.59. The molecule has 1 aliphatic carbocycles. The number of aliphatic hydroxyl groups is 1. The average molecular weight is 287 g/mol. The van der Waals surface area contributed by atoms with E-state index in [-0.39, 0.29) is 0 Å². The second-order valence-electron chi connectivity index (χ2n) is 5.65. The molecular weight excluding hydrogens is 267 g/mol. The molecule has 1 fully saturated rings. The number of halogens is 2. The molecule has 0 saturated heterocycles. The van der Waals surface area contributed by atoms with Crippen LogP contribution in [0, 0.1) is 11.8 Å². The van der Waals surface area contributed by atoms with E-state index >= 15 is 0 Å². The fourth-order valence-corrected chi connectivity index (χ4v) is 3.39. The predicted molar refractivity (Wildman–Crippen MR) is 77.3 cm³/mol. The third-order valence-electron chi connectivity index (χ3n) is 4.50. The van der Waals surface area contributed by atoms with Crippen LogP contribution in [0.2, 0.25) is 10.0 Å². The van der Waals surface area contributed by atoms with Crippen molar-refractivity contribution < 1.29 is 5.11 Å². The smallest absolute Gasteiger partial charge is 0.0716 e. The van der Waals surface area contributed by atoms with E-state index in [0.29, 0.717) is 28.3 Å². The van der Waals surface area contributed by atoms with Crippen LogP contribution in [0.15, 0.2) is 18.2 Å². The monoisotopic (exact) mass is 286 g/mol. The molecule has 0 radical (unpaired) electrons. The minimum Gasteiger partial charge on any atom is -0.389 e. The van der Waals surface area contributed by atoms with Crippen LogP contribution in [0.1, 0.15) is 38.7 Å². The summed E-state index contributed by atoms with van der Waals surface area (Å²) in [6, 6.07) is 5.63. The SMILES string of the molecule is CC1CCCC(O)(Cc2cccc(Cl)c2Cl)C1C. The molecule has 0 aliphatic heterocycles. The van der Waals surface area contributed by atoms with Crippen molar-refractivity contribution in [2.45, 2.75) is 45.1 Å². The minimum atomic E-state index is -0.647. The Morgan fingerprint density at radius 3 is 2.78 bits per heavy atom. The molecule has 100 valence electrons. The van der Waals surface area contributed by atoms with Gasteiger partial charge < -0.3 is 5.11 Å². The lowest BCUT2D eigenvalue weighted by Gasteiger charge is -2.42. The Hall–Kier alpha value is -0.240. The number of hydrogen-bond donors (Lipinski definition) is 1. The lowest BCUT2D eigenvalue weighted by molar-refractivity contribution is -0.0620. The van der Waals surface area contributed by atoms with Gasteiger partial charge in [-0.2, -0.15) is 0 Å². The topological polar surface area (TPSA) is 20.2 Å². The van der Waals surface area contributed by atoms with Crippen LogP contribution in [0.5, 0.6) is 0 Å². The van der Waals surface area contributed by atoms with Crippen LogP contribution in [0.4, 0.5) is 0 Å². The fraction of sp³-hybridized carbons (Fsp3) is 0.600. The quantitative estimate of drug-likeness (QED) is 0.834. The summed E-state index contributed by atoms with van der Waals surface area (Å²) in [5, 5.41) is 12.0. The fourth-order valence-electron chi connectivity index (χ4n) is 3.00. The molecular formula is C15H20Cl2O. The van der Waals surface area contributed by atoms with E-state index in [0.717, 1.165) is 18.4 Å². The van der Waals surface area contributed by atoms with Gasteiger partial charge in [0.15, 0.2) is 0 Å². The summed E-state index contributed by atoms with van der Waals surface area (Å²) in [5.41, 5.74) is 0.305. The zero-order chi connectivity index (χ0) is 13.3. The standard InChI is InChI=1S/C15H20Cl2O/c1-10-5-4-8-15(18,11(10)2)9-12-6-3-7-13(16)14(12)17/h3,6-7,10-11,18H,4-5,8-9H2,1-2H3. The Balaban J connectivity index is 2.24. The molecule has 0 spiro atoms. The van der Waals surface area contributed by atoms with Crippen molar-refractivity contribution in [1.29, 1.82) is 0 Å². The first-order valence-corrected chi connectivity index (χ1v) is 7.35. The van der Waals surface area contributed by atoms with Crippen molar-refractivity contribution in [3.8, 4) is 0 Å². The maximum atomic E-state index is 10.9. The average Bonchev–Trinajstić information content (AvgIpc) is 2.32. The van der Waals surface area contributed by atoms with Crippen molar-refractivity contribution in [3.63, 3.8) is 0 Å². The number of hydrogen-bond acceptors (Lipinski definition) is 1. The second kappa shape index (κ2) is 5.40. The Kier molecular flexibility index (Phi) is 4.25. The normalized spacial score (nSPS) is 32.5. The molecule has 0 aromatic heterocycles. The van der Waals surface area contributed by atoms with E-state index in [4.69, 9.17) is 23.2 Å². The third kappa shape index (κ3) is 2.68. The summed E-state index contributed by atoms with van der Waals surface area (Å²) >= 11 is 12.2. The Bertz CT molecular complexity index is 433. The molecule has 1 nitrogen and oxygen atoms in total. The minimum absolute atomic E-state index is 0.293. The summed E-state index contributed by atoms with van der Waals surface area (Å²) in [5.74, 6) is 0.850. The molecule has 0 bridgehead atoms. The summed E-state index contributed by atoms with van der Waals surface area (Å²) in [4.78, 5) is 0. The van der Waals surface area contributed by atoms with Gasteiger partial charge in [-0.05, 0) is 29.9 Å². The van der Waals surface area contributed by atoms with Gasteiger partial charge in [-0.1, -0.05) is 62.0 Å². The van der Waals surface area contributed by atoms with Gasteiger partial charge in [0.05, 0.1) is 15.6 Å². The van der Waals surface area contributed by atoms with Crippen LogP contribution < -0.4 is 0 Å². The highest BCUT2D eigenvalue weighted by Gasteiger charge is 2.40. The van der Waals surface area contributed by atoms with Crippen LogP contribution in [0.25, 0.3) is 0 Å². The highest BCUT2D eigenvalue weighted by atomic mass is 35.5. The Morgan fingerprint density at radius 1 is 1.33 bits per heavy atom. The molecule has 2 rings (SSSR count). The van der Waals surface area contributed by atoms with Crippen molar-refractivity contribution in [3.05, 3.63) is 33.8 Å². The van der Waals surface area contributed by atoms with E-state index in [1.54, 1.807) is 6.07 Å². The van der Waals surface area contributed by atoms with Gasteiger partial charge in [0.1, 0.15) is 0 Å². The van der Waals surface area contributed by atoms with Crippen molar-refractivity contribution >= 4 is 23.2 Å². The maximum absolute atomic E-state index is 10.9. The summed E-state index contributed by atoms with van der Waals surface area (Å²) in [7, 11) is 0. The second-order valence-corrected chi connectivity index (χ2v) is 6.44. The van der Waals surface area contributed by atoms with Gasteiger partial charge in [0.25, 0.3) is 0 Å². The maximum Gasteiger partial charge on any atom is 0.0716 e. The van der Waals surface area contributed by atoms with E-state index in [9.17, 15) is 5.11 Å². The highest BCUT2D eigenvalue weighted by molar-refractivity contribution is 6.42. The molecule has 18 heavy (non-hydrogen) atoms. The highest BCUT2D eigenvalue weighted by Crippen LogP contribution is 2.41. The Labute approximate surface area is 119 Å². The van der Waals surface area contributed by atoms with Crippen molar-refractivity contribution in [2.75, 3.05) is 0 Å². The molecule has 1 N–H and O–H groups in total. The van der Waals surface area contributed by atoms with Crippen molar-refractivity contribution in [1.82, 2.24) is 0 Å². The first kappa shape index (κ1) is 14.2. The number of benzene rings is 1. The number of rotatable bonds is 2. The van der Waals surface area contributed by atoms with Crippen LogP contribution >= 0.6 is 23.2 Å². The summed E-state index contributed by atoms with van der Waals surface area (Å²) in [6.07, 6.45) is 3.73. The molecule has 3 heteroatoms. The lowest BCUT2D eigenvalue weighted by atomic mass is 9.68. The van der Waals surface area contributed by atoms with E-state index < -0.39 is 5.60 Å². The van der Waals surface area contributed by atoms with Gasteiger partial charge >= 0.3 is 0 Å². The summed E-state index contributed by atoms with van der Waals surface area (Å²) in [6.45, 7) is 4.36. The van der Waals surface area contributed by atoms with E-state index in [1.807, 2.05) is 12.1 Å². The third-order valence-corrected chi connectivity index (χ3v) is 5.36. The van der Waals surface area contributed by atoms with Gasteiger partial charge in [-0.15, -0.1) is 0 Å². The molecule has 1 aliphatic rings. The molecule has 1 aromatic carbocycles. The van der Waals surface area contributed by atoms with Crippen molar-refractivity contribution in [2.24, 2.45) is 11.8 Å². The molecule has 1 saturated carbocycles. The van der Waals surface area contributed by atoms with Crippen LogP contribution in [0.3, 0.4) is 0 Å². The van der Waals surface area contributed by atoms with Gasteiger partial charge in [-0.25, -0.2) is 0 Å². The van der Waals surface area contributed by atoms with E-state index in [2.05, 4.69) is 13.8 Å². The Morgan fingerprint density at radius 2 is 2.06 bits per heavy atom. The molecule has 3 atom stereocenters. The lowest BCUT2D eigenvalue weighted by Crippen LogP contribution is -2.44.